The fourth-order valence-corrected chi connectivity index (χ4v) is 4.40. The number of nitrogens with zero attached hydrogens (tertiary/aromatic N) is 1. The minimum absolute atomic E-state index is 0.0419. The number of hydrogen-bond donors (Lipinski definition) is 1. The normalized spacial score (nSPS) is 14.9. The number of carboxylic acids is 1. The van der Waals surface area contributed by atoms with Crippen LogP contribution in [0.2, 0.25) is 0 Å². The van der Waals surface area contributed by atoms with Crippen molar-refractivity contribution in [3.05, 3.63) is 59.7 Å². The predicted molar refractivity (Wildman–Crippen MR) is 93.2 cm³/mol. The van der Waals surface area contributed by atoms with Crippen molar-refractivity contribution in [2.45, 2.75) is 17.7 Å². The zero-order valence-corrected chi connectivity index (χ0v) is 14.7. The third-order valence-electron chi connectivity index (χ3n) is 4.19. The van der Waals surface area contributed by atoms with Crippen LogP contribution in [-0.4, -0.2) is 37.7 Å². The first-order valence-corrected chi connectivity index (χ1v) is 9.55. The summed E-state index contributed by atoms with van der Waals surface area (Å²) < 4.78 is 26.6. The van der Waals surface area contributed by atoms with Gasteiger partial charge in [0.05, 0.1) is 16.6 Å². The molecule has 8 heteroatoms. The summed E-state index contributed by atoms with van der Waals surface area (Å²) in [6, 6.07) is 11.6. The fourth-order valence-electron chi connectivity index (χ4n) is 2.84. The minimum atomic E-state index is -3.64. The molecule has 2 aromatic carbocycles. The van der Waals surface area contributed by atoms with E-state index in [1.165, 1.54) is 46.8 Å². The number of amides is 1. The van der Waals surface area contributed by atoms with Gasteiger partial charge in [0, 0.05) is 24.2 Å². The zero-order chi connectivity index (χ0) is 18.7. The molecule has 7 nitrogen and oxygen atoms in total. The molecule has 1 aliphatic rings. The topological polar surface area (TPSA) is 107 Å². The lowest BCUT2D eigenvalue weighted by molar-refractivity contribution is -0.254. The highest BCUT2D eigenvalue weighted by atomic mass is 32.2. The second-order valence-corrected chi connectivity index (χ2v) is 7.86. The van der Waals surface area contributed by atoms with Gasteiger partial charge in [0.2, 0.25) is 10.0 Å². The van der Waals surface area contributed by atoms with Crippen LogP contribution in [0, 0.1) is 0 Å². The van der Waals surface area contributed by atoms with Gasteiger partial charge in [-0.2, -0.15) is 4.31 Å². The molecule has 0 spiro atoms. The highest BCUT2D eigenvalue weighted by Gasteiger charge is 2.27. The summed E-state index contributed by atoms with van der Waals surface area (Å²) in [6.07, 6.45) is 1.64. The van der Waals surface area contributed by atoms with E-state index in [1.807, 2.05) is 0 Å². The third-order valence-corrected chi connectivity index (χ3v) is 6.09. The number of rotatable bonds is 5. The minimum Gasteiger partial charge on any atom is -0.545 e. The molecular formula is C18H17N2O5S-. The van der Waals surface area contributed by atoms with Crippen LogP contribution in [-0.2, 0) is 10.0 Å². The third kappa shape index (κ3) is 3.61. The molecule has 1 aliphatic heterocycles. The average Bonchev–Trinajstić information content (AvgIpc) is 3.17. The summed E-state index contributed by atoms with van der Waals surface area (Å²) >= 11 is 0. The smallest absolute Gasteiger partial charge is 0.255 e. The summed E-state index contributed by atoms with van der Waals surface area (Å²) in [4.78, 5) is 23.6. The molecule has 136 valence electrons. The Morgan fingerprint density at radius 1 is 1.00 bits per heavy atom. The number of sulfonamides is 1. The van der Waals surface area contributed by atoms with E-state index in [2.05, 4.69) is 5.32 Å². The Morgan fingerprint density at radius 3 is 2.38 bits per heavy atom. The summed E-state index contributed by atoms with van der Waals surface area (Å²) in [5.41, 5.74) is 0.0606. The van der Waals surface area contributed by atoms with Crippen molar-refractivity contribution in [1.29, 1.82) is 0 Å². The molecule has 0 bridgehead atoms. The average molecular weight is 373 g/mol. The van der Waals surface area contributed by atoms with Gasteiger partial charge in [-0.1, -0.05) is 24.3 Å². The maximum atomic E-state index is 12.6. The predicted octanol–water partition coefficient (Wildman–Crippen LogP) is 1.09. The molecule has 0 aliphatic carbocycles. The van der Waals surface area contributed by atoms with Crippen molar-refractivity contribution in [2.75, 3.05) is 18.4 Å². The van der Waals surface area contributed by atoms with Gasteiger partial charge >= 0.3 is 0 Å². The Morgan fingerprint density at radius 2 is 1.69 bits per heavy atom. The van der Waals surface area contributed by atoms with Crippen LogP contribution in [0.1, 0.15) is 33.6 Å². The Kier molecular flexibility index (Phi) is 5.06. The molecule has 1 amide bonds. The van der Waals surface area contributed by atoms with Crippen molar-refractivity contribution in [2.24, 2.45) is 0 Å². The highest BCUT2D eigenvalue weighted by molar-refractivity contribution is 7.89. The molecule has 1 fully saturated rings. The summed E-state index contributed by atoms with van der Waals surface area (Å²) in [5, 5.41) is 13.6. The van der Waals surface area contributed by atoms with Gasteiger partial charge in [0.1, 0.15) is 0 Å². The van der Waals surface area contributed by atoms with Gasteiger partial charge in [-0.3, -0.25) is 4.79 Å². The van der Waals surface area contributed by atoms with Crippen molar-refractivity contribution >= 4 is 27.6 Å². The van der Waals surface area contributed by atoms with Crippen LogP contribution in [0.15, 0.2) is 53.4 Å². The Hall–Kier alpha value is -2.71. The van der Waals surface area contributed by atoms with E-state index >= 15 is 0 Å². The molecule has 3 rings (SSSR count). The van der Waals surface area contributed by atoms with Crippen LogP contribution in [0.25, 0.3) is 0 Å². The molecule has 1 heterocycles. The summed E-state index contributed by atoms with van der Waals surface area (Å²) in [6.45, 7) is 0.940. The molecule has 0 saturated carbocycles. The highest BCUT2D eigenvalue weighted by Crippen LogP contribution is 2.22. The van der Waals surface area contributed by atoms with Crippen LogP contribution < -0.4 is 10.4 Å². The molecule has 0 aromatic heterocycles. The number of carbonyl (C=O) groups is 2. The number of benzene rings is 2. The Labute approximate surface area is 151 Å². The maximum Gasteiger partial charge on any atom is 0.255 e. The molecule has 0 unspecified atom stereocenters. The van der Waals surface area contributed by atoms with Gasteiger partial charge in [0.25, 0.3) is 5.91 Å². The summed E-state index contributed by atoms with van der Waals surface area (Å²) in [5.74, 6) is -2.01. The van der Waals surface area contributed by atoms with E-state index in [0.29, 0.717) is 13.1 Å². The van der Waals surface area contributed by atoms with Crippen molar-refractivity contribution in [3.8, 4) is 0 Å². The molecule has 2 aromatic rings. The molecular weight excluding hydrogens is 356 g/mol. The van der Waals surface area contributed by atoms with E-state index in [9.17, 15) is 23.1 Å². The van der Waals surface area contributed by atoms with Gasteiger partial charge in [0.15, 0.2) is 0 Å². The molecule has 0 radical (unpaired) electrons. The number of carbonyl (C=O) groups excluding carboxylic acids is 2. The maximum absolute atomic E-state index is 12.6. The van der Waals surface area contributed by atoms with Crippen LogP contribution in [0.5, 0.6) is 0 Å². The second kappa shape index (κ2) is 7.27. The lowest BCUT2D eigenvalue weighted by atomic mass is 10.1. The lowest BCUT2D eigenvalue weighted by Gasteiger charge is -2.16. The quantitative estimate of drug-likeness (QED) is 0.844. The van der Waals surface area contributed by atoms with Crippen molar-refractivity contribution in [3.63, 3.8) is 0 Å². The molecule has 1 N–H and O–H groups in total. The first-order chi connectivity index (χ1) is 12.4. The Bertz CT molecular complexity index is 950. The van der Waals surface area contributed by atoms with Gasteiger partial charge in [-0.05, 0) is 37.1 Å². The van der Waals surface area contributed by atoms with Gasteiger partial charge < -0.3 is 15.2 Å². The van der Waals surface area contributed by atoms with Crippen LogP contribution in [0.4, 0.5) is 5.69 Å². The van der Waals surface area contributed by atoms with E-state index in [4.69, 9.17) is 0 Å². The van der Waals surface area contributed by atoms with Gasteiger partial charge in [-0.25, -0.2) is 8.42 Å². The van der Waals surface area contributed by atoms with Crippen molar-refractivity contribution < 1.29 is 23.1 Å². The summed E-state index contributed by atoms with van der Waals surface area (Å²) in [7, 11) is -3.64. The first-order valence-electron chi connectivity index (χ1n) is 8.11. The number of carboxylic acid groups (broad SMARTS) is 1. The standard InChI is InChI=1S/C18H18N2O5S/c21-17(19-16-9-2-1-8-15(16)18(22)23)13-6-5-7-14(12-13)26(24,25)20-10-3-4-11-20/h1-2,5-9,12H,3-4,10-11H2,(H,19,21)(H,22,23)/p-1. The van der Waals surface area contributed by atoms with E-state index < -0.39 is 21.9 Å². The molecule has 0 atom stereocenters. The molecule has 26 heavy (non-hydrogen) atoms. The van der Waals surface area contributed by atoms with E-state index in [-0.39, 0.29) is 21.7 Å². The van der Waals surface area contributed by atoms with E-state index in [1.54, 1.807) is 6.07 Å². The largest absolute Gasteiger partial charge is 0.545 e. The van der Waals surface area contributed by atoms with Crippen LogP contribution in [0.3, 0.4) is 0 Å². The number of anilines is 1. The van der Waals surface area contributed by atoms with Crippen LogP contribution >= 0.6 is 0 Å². The monoisotopic (exact) mass is 373 g/mol. The number of hydrogen-bond acceptors (Lipinski definition) is 5. The SMILES string of the molecule is O=C(Nc1ccccc1C(=O)[O-])c1cccc(S(=O)(=O)N2CCCC2)c1. The number of aromatic carboxylic acids is 1. The van der Waals surface area contributed by atoms with E-state index in [0.717, 1.165) is 12.8 Å². The lowest BCUT2D eigenvalue weighted by Crippen LogP contribution is -2.28. The number of nitrogens with one attached hydrogen (secondary N) is 1. The second-order valence-electron chi connectivity index (χ2n) is 5.93. The number of para-hydroxylation sites is 1. The zero-order valence-electron chi connectivity index (χ0n) is 13.8. The Balaban J connectivity index is 1.87. The van der Waals surface area contributed by atoms with Gasteiger partial charge in [-0.15, -0.1) is 0 Å². The van der Waals surface area contributed by atoms with Crippen molar-refractivity contribution in [1.82, 2.24) is 4.31 Å². The molecule has 1 saturated heterocycles. The first kappa shape index (κ1) is 18.1. The fraction of sp³-hybridized carbons (Fsp3) is 0.222.